The predicted molar refractivity (Wildman–Crippen MR) is 125 cm³/mol. The summed E-state index contributed by atoms with van der Waals surface area (Å²) in [6.45, 7) is 3.73. The summed E-state index contributed by atoms with van der Waals surface area (Å²) in [6, 6.07) is 13.9. The van der Waals surface area contributed by atoms with Crippen molar-refractivity contribution in [3.63, 3.8) is 0 Å². The van der Waals surface area contributed by atoms with Crippen LogP contribution in [-0.4, -0.2) is 56.4 Å². The summed E-state index contributed by atoms with van der Waals surface area (Å²) in [5.74, 6) is 2.45. The van der Waals surface area contributed by atoms with Crippen molar-refractivity contribution in [3.05, 3.63) is 48.0 Å². The Morgan fingerprint density at radius 2 is 1.91 bits per heavy atom. The van der Waals surface area contributed by atoms with Gasteiger partial charge < -0.3 is 29.2 Å². The Morgan fingerprint density at radius 1 is 1.00 bits per heavy atom. The number of anilines is 1. The van der Waals surface area contributed by atoms with Crippen LogP contribution in [0.5, 0.6) is 17.2 Å². The first-order chi connectivity index (χ1) is 16.3. The van der Waals surface area contributed by atoms with Gasteiger partial charge in [0.1, 0.15) is 12.4 Å². The molecule has 2 atom stereocenters. The average Bonchev–Trinajstić information content (AvgIpc) is 3.49. The highest BCUT2D eigenvalue weighted by atomic mass is 16.5. The highest BCUT2D eigenvalue weighted by Gasteiger charge is 2.30. The van der Waals surface area contributed by atoms with Crippen LogP contribution >= 0.6 is 0 Å². The van der Waals surface area contributed by atoms with Crippen molar-refractivity contribution in [3.8, 4) is 17.2 Å². The van der Waals surface area contributed by atoms with E-state index < -0.39 is 0 Å². The summed E-state index contributed by atoms with van der Waals surface area (Å²) in [4.78, 5) is 15.1. The molecule has 3 aliphatic heterocycles. The van der Waals surface area contributed by atoms with Gasteiger partial charge in [-0.2, -0.15) is 0 Å². The number of fused-ring (bicyclic) bond motifs is 1. The molecular weight excluding hydrogens is 420 g/mol. The second-order valence-electron chi connectivity index (χ2n) is 8.83. The SMILES string of the molecule is O=C(CNc1cccc(OC[C@@H]2CCCO2)c1)N1CCC[C@H]1c1ccc2c(c1)OCCCO2. The van der Waals surface area contributed by atoms with E-state index in [1.54, 1.807) is 0 Å². The van der Waals surface area contributed by atoms with Gasteiger partial charge in [-0.1, -0.05) is 12.1 Å². The fraction of sp³-hybridized carbons (Fsp3) is 0.500. The molecule has 7 heteroatoms. The van der Waals surface area contributed by atoms with Crippen LogP contribution in [-0.2, 0) is 9.53 Å². The third-order valence-corrected chi connectivity index (χ3v) is 6.47. The van der Waals surface area contributed by atoms with E-state index in [4.69, 9.17) is 18.9 Å². The molecule has 0 radical (unpaired) electrons. The Morgan fingerprint density at radius 3 is 2.79 bits per heavy atom. The molecule has 0 saturated carbocycles. The van der Waals surface area contributed by atoms with E-state index in [1.807, 2.05) is 41.3 Å². The summed E-state index contributed by atoms with van der Waals surface area (Å²) < 4.78 is 23.1. The van der Waals surface area contributed by atoms with Crippen molar-refractivity contribution < 1.29 is 23.7 Å². The van der Waals surface area contributed by atoms with Gasteiger partial charge in [-0.3, -0.25) is 4.79 Å². The van der Waals surface area contributed by atoms with Gasteiger partial charge >= 0.3 is 0 Å². The number of benzene rings is 2. The van der Waals surface area contributed by atoms with Crippen molar-refractivity contribution in [1.82, 2.24) is 4.90 Å². The molecule has 1 amide bonds. The van der Waals surface area contributed by atoms with Crippen LogP contribution in [0.4, 0.5) is 5.69 Å². The molecule has 0 aromatic heterocycles. The van der Waals surface area contributed by atoms with Crippen molar-refractivity contribution in [1.29, 1.82) is 0 Å². The second kappa shape index (κ2) is 10.3. The number of hydrogen-bond acceptors (Lipinski definition) is 6. The molecule has 1 N–H and O–H groups in total. The number of nitrogens with zero attached hydrogens (tertiary/aromatic N) is 1. The van der Waals surface area contributed by atoms with E-state index in [-0.39, 0.29) is 24.6 Å². The zero-order valence-electron chi connectivity index (χ0n) is 19.0. The fourth-order valence-corrected chi connectivity index (χ4v) is 4.74. The number of carbonyl (C=O) groups excluding carboxylic acids is 1. The molecule has 176 valence electrons. The lowest BCUT2D eigenvalue weighted by molar-refractivity contribution is -0.130. The Bertz CT molecular complexity index is 959. The van der Waals surface area contributed by atoms with Crippen molar-refractivity contribution in [2.45, 2.75) is 44.2 Å². The summed E-state index contributed by atoms with van der Waals surface area (Å²) in [7, 11) is 0. The Labute approximate surface area is 195 Å². The summed E-state index contributed by atoms with van der Waals surface area (Å²) >= 11 is 0. The smallest absolute Gasteiger partial charge is 0.242 e. The molecule has 3 aliphatic rings. The van der Waals surface area contributed by atoms with Crippen LogP contribution in [0.1, 0.15) is 43.7 Å². The Hall–Kier alpha value is -2.93. The minimum atomic E-state index is 0.0672. The van der Waals surface area contributed by atoms with Gasteiger partial charge in [0.25, 0.3) is 0 Å². The van der Waals surface area contributed by atoms with Crippen LogP contribution in [0.2, 0.25) is 0 Å². The highest BCUT2D eigenvalue weighted by molar-refractivity contribution is 5.81. The van der Waals surface area contributed by atoms with Gasteiger partial charge in [0, 0.05) is 31.3 Å². The number of carbonyl (C=O) groups is 1. The van der Waals surface area contributed by atoms with Crippen LogP contribution in [0.3, 0.4) is 0 Å². The Kier molecular flexibility index (Phi) is 6.86. The van der Waals surface area contributed by atoms with Gasteiger partial charge in [-0.15, -0.1) is 0 Å². The molecule has 5 rings (SSSR count). The zero-order chi connectivity index (χ0) is 22.5. The number of hydrogen-bond donors (Lipinski definition) is 1. The molecule has 0 spiro atoms. The largest absolute Gasteiger partial charge is 0.491 e. The van der Waals surface area contributed by atoms with Gasteiger partial charge in [0.05, 0.1) is 31.9 Å². The fourth-order valence-electron chi connectivity index (χ4n) is 4.74. The molecule has 2 aromatic carbocycles. The lowest BCUT2D eigenvalue weighted by Gasteiger charge is -2.26. The van der Waals surface area contributed by atoms with E-state index in [9.17, 15) is 4.79 Å². The first-order valence-electron chi connectivity index (χ1n) is 12.0. The maximum atomic E-state index is 13.1. The minimum Gasteiger partial charge on any atom is -0.491 e. The summed E-state index contributed by atoms with van der Waals surface area (Å²) in [6.07, 6.45) is 5.16. The molecular formula is C26H32N2O5. The molecule has 33 heavy (non-hydrogen) atoms. The van der Waals surface area contributed by atoms with Gasteiger partial charge in [-0.25, -0.2) is 0 Å². The van der Waals surface area contributed by atoms with Crippen LogP contribution in [0, 0.1) is 0 Å². The predicted octanol–water partition coefficient (Wildman–Crippen LogP) is 4.18. The van der Waals surface area contributed by atoms with Gasteiger partial charge in [-0.05, 0) is 55.5 Å². The van der Waals surface area contributed by atoms with Crippen LogP contribution < -0.4 is 19.5 Å². The average molecular weight is 453 g/mol. The highest BCUT2D eigenvalue weighted by Crippen LogP contribution is 2.38. The van der Waals surface area contributed by atoms with E-state index >= 15 is 0 Å². The van der Waals surface area contributed by atoms with E-state index in [1.165, 1.54) is 0 Å². The molecule has 0 unspecified atom stereocenters. The number of rotatable bonds is 7. The quantitative estimate of drug-likeness (QED) is 0.680. The van der Waals surface area contributed by atoms with Crippen LogP contribution in [0.15, 0.2) is 42.5 Å². The molecule has 2 saturated heterocycles. The third kappa shape index (κ3) is 5.36. The maximum absolute atomic E-state index is 13.1. The Balaban J connectivity index is 1.18. The van der Waals surface area contributed by atoms with Gasteiger partial charge in [0.15, 0.2) is 11.5 Å². The van der Waals surface area contributed by atoms with Crippen LogP contribution in [0.25, 0.3) is 0 Å². The van der Waals surface area contributed by atoms with Crippen molar-refractivity contribution in [2.75, 3.05) is 44.8 Å². The maximum Gasteiger partial charge on any atom is 0.242 e. The molecule has 2 aromatic rings. The van der Waals surface area contributed by atoms with Gasteiger partial charge in [0.2, 0.25) is 5.91 Å². The number of ether oxygens (including phenoxy) is 4. The van der Waals surface area contributed by atoms with Crippen molar-refractivity contribution >= 4 is 11.6 Å². The first kappa shape index (κ1) is 21.9. The first-order valence-corrected chi connectivity index (χ1v) is 12.0. The number of likely N-dealkylation sites (tertiary alicyclic amines) is 1. The standard InChI is InChI=1S/C26H32N2O5/c29-26(17-27-20-5-1-6-21(16-20)33-18-22-7-3-12-30-22)28-11-2-8-23(28)19-9-10-24-25(15-19)32-14-4-13-31-24/h1,5-6,9-10,15-16,22-23,27H,2-4,7-8,11-14,17-18H2/t22-,23-/m0/s1. The summed E-state index contributed by atoms with van der Waals surface area (Å²) in [5, 5.41) is 3.27. The van der Waals surface area contributed by atoms with E-state index in [0.717, 1.165) is 73.8 Å². The normalized spacial score (nSPS) is 22.1. The number of amides is 1. The molecule has 0 aliphatic carbocycles. The number of nitrogens with one attached hydrogen (secondary N) is 1. The lowest BCUT2D eigenvalue weighted by Crippen LogP contribution is -2.35. The lowest BCUT2D eigenvalue weighted by atomic mass is 10.0. The zero-order valence-corrected chi connectivity index (χ0v) is 19.0. The molecule has 2 fully saturated rings. The molecule has 0 bridgehead atoms. The van der Waals surface area contributed by atoms with E-state index in [2.05, 4.69) is 11.4 Å². The van der Waals surface area contributed by atoms with E-state index in [0.29, 0.717) is 19.8 Å². The minimum absolute atomic E-state index is 0.0672. The topological polar surface area (TPSA) is 69.3 Å². The summed E-state index contributed by atoms with van der Waals surface area (Å²) in [5.41, 5.74) is 1.98. The third-order valence-electron chi connectivity index (χ3n) is 6.47. The monoisotopic (exact) mass is 452 g/mol. The second-order valence-corrected chi connectivity index (χ2v) is 8.83. The van der Waals surface area contributed by atoms with Crippen molar-refractivity contribution in [2.24, 2.45) is 0 Å². The molecule has 3 heterocycles. The molecule has 7 nitrogen and oxygen atoms in total.